The Morgan fingerprint density at radius 2 is 1.81 bits per heavy atom. The average molecular weight is 377 g/mol. The van der Waals surface area contributed by atoms with Crippen LogP contribution in [-0.4, -0.2) is 23.3 Å². The van der Waals surface area contributed by atoms with Crippen LogP contribution in [0.1, 0.15) is 30.4 Å². The third-order valence-corrected chi connectivity index (χ3v) is 5.28. The predicted molar refractivity (Wildman–Crippen MR) is 94.5 cm³/mol. The number of hydrogen-bond donors (Lipinski definition) is 0. The van der Waals surface area contributed by atoms with Gasteiger partial charge in [0.25, 0.3) is 0 Å². The van der Waals surface area contributed by atoms with Crippen molar-refractivity contribution in [3.05, 3.63) is 71.6 Å². The highest BCUT2D eigenvalue weighted by molar-refractivity contribution is 5.68. The molecule has 1 saturated heterocycles. The fraction of sp³-hybridized carbons (Fsp3) is 0.333. The fourth-order valence-corrected chi connectivity index (χ4v) is 4.08. The maximum Gasteiger partial charge on any atom is 0.573 e. The summed E-state index contributed by atoms with van der Waals surface area (Å²) in [6, 6.07) is 14.6. The quantitative estimate of drug-likeness (QED) is 0.648. The molecule has 27 heavy (non-hydrogen) atoms. The Bertz CT molecular complexity index is 847. The first-order chi connectivity index (χ1) is 12.9. The van der Waals surface area contributed by atoms with Crippen LogP contribution in [0.4, 0.5) is 17.6 Å². The van der Waals surface area contributed by atoms with Crippen molar-refractivity contribution < 1.29 is 22.3 Å². The fourth-order valence-electron chi connectivity index (χ4n) is 4.08. The van der Waals surface area contributed by atoms with E-state index in [1.807, 2.05) is 18.2 Å². The van der Waals surface area contributed by atoms with E-state index in [0.717, 1.165) is 43.5 Å². The third kappa shape index (κ3) is 4.00. The molecule has 0 saturated carbocycles. The zero-order chi connectivity index (χ0) is 19.0. The van der Waals surface area contributed by atoms with Crippen LogP contribution in [0, 0.1) is 5.82 Å². The van der Waals surface area contributed by atoms with Crippen molar-refractivity contribution in [1.29, 1.82) is 0 Å². The van der Waals surface area contributed by atoms with Crippen LogP contribution in [-0.2, 0) is 6.54 Å². The second-order valence-electron chi connectivity index (χ2n) is 7.05. The second-order valence-corrected chi connectivity index (χ2v) is 7.05. The van der Waals surface area contributed by atoms with Gasteiger partial charge in [0.2, 0.25) is 0 Å². The average Bonchev–Trinajstić information content (AvgIpc) is 2.85. The van der Waals surface area contributed by atoms with Gasteiger partial charge in [-0.25, -0.2) is 4.39 Å². The summed E-state index contributed by atoms with van der Waals surface area (Å²) in [7, 11) is 0. The maximum absolute atomic E-state index is 14.0. The van der Waals surface area contributed by atoms with Gasteiger partial charge in [-0.3, -0.25) is 4.90 Å². The minimum Gasteiger partial charge on any atom is -0.403 e. The lowest BCUT2D eigenvalue weighted by atomic mass is 9.94. The Morgan fingerprint density at radius 3 is 2.48 bits per heavy atom. The topological polar surface area (TPSA) is 12.5 Å². The molecule has 2 atom stereocenters. The second kappa shape index (κ2) is 7.00. The van der Waals surface area contributed by atoms with Gasteiger partial charge in [-0.05, 0) is 48.1 Å². The number of fused-ring (bicyclic) bond motifs is 2. The van der Waals surface area contributed by atoms with Crippen molar-refractivity contribution in [2.24, 2.45) is 0 Å². The zero-order valence-corrected chi connectivity index (χ0v) is 14.5. The summed E-state index contributed by atoms with van der Waals surface area (Å²) in [5, 5.41) is 0. The summed E-state index contributed by atoms with van der Waals surface area (Å²) in [4.78, 5) is 2.45. The predicted octanol–water partition coefficient (Wildman–Crippen LogP) is 5.54. The van der Waals surface area contributed by atoms with Crippen molar-refractivity contribution in [3.63, 3.8) is 0 Å². The summed E-state index contributed by atoms with van der Waals surface area (Å²) in [6.45, 7) is 0.868. The van der Waals surface area contributed by atoms with Gasteiger partial charge in [-0.15, -0.1) is 13.2 Å². The van der Waals surface area contributed by atoms with Crippen molar-refractivity contribution in [2.75, 3.05) is 0 Å². The number of nitrogens with zero attached hydrogens (tertiary/aromatic N) is 1. The number of benzene rings is 2. The molecule has 0 radical (unpaired) electrons. The lowest BCUT2D eigenvalue weighted by molar-refractivity contribution is -0.275. The number of alkyl halides is 3. The molecule has 2 heterocycles. The Labute approximate surface area is 155 Å². The molecule has 2 aliphatic heterocycles. The van der Waals surface area contributed by atoms with E-state index in [2.05, 4.69) is 27.8 Å². The first-order valence-corrected chi connectivity index (χ1v) is 8.95. The van der Waals surface area contributed by atoms with Crippen LogP contribution in [0.2, 0.25) is 0 Å². The van der Waals surface area contributed by atoms with E-state index in [9.17, 15) is 17.6 Å². The van der Waals surface area contributed by atoms with Gasteiger partial charge in [0.1, 0.15) is 0 Å². The normalized spacial score (nSPS) is 22.6. The summed E-state index contributed by atoms with van der Waals surface area (Å²) >= 11 is 0. The minimum atomic E-state index is -4.90. The molecule has 2 aliphatic rings. The molecule has 2 bridgehead atoms. The van der Waals surface area contributed by atoms with Gasteiger partial charge in [0.05, 0.1) is 0 Å². The SMILES string of the molecule is Fc1cc(C2=CC3CCC(C2)N3Cc2ccccc2)ccc1OC(F)(F)F. The highest BCUT2D eigenvalue weighted by atomic mass is 19.4. The molecule has 6 heteroatoms. The molecule has 2 aromatic rings. The molecule has 4 rings (SSSR count). The largest absolute Gasteiger partial charge is 0.573 e. The van der Waals surface area contributed by atoms with Crippen LogP contribution < -0.4 is 4.74 Å². The van der Waals surface area contributed by atoms with E-state index in [1.54, 1.807) is 0 Å². The molecular formula is C21H19F4NO. The van der Waals surface area contributed by atoms with Crippen molar-refractivity contribution in [3.8, 4) is 5.75 Å². The Balaban J connectivity index is 1.53. The van der Waals surface area contributed by atoms with Gasteiger partial charge in [-0.2, -0.15) is 0 Å². The molecule has 2 nitrogen and oxygen atoms in total. The summed E-state index contributed by atoms with van der Waals surface area (Å²) in [6.07, 6.45) is 0.102. The monoisotopic (exact) mass is 377 g/mol. The minimum absolute atomic E-state index is 0.271. The maximum atomic E-state index is 14.0. The lowest BCUT2D eigenvalue weighted by Crippen LogP contribution is -2.37. The molecular weight excluding hydrogens is 358 g/mol. The van der Waals surface area contributed by atoms with Crippen LogP contribution in [0.3, 0.4) is 0 Å². The van der Waals surface area contributed by atoms with Crippen LogP contribution in [0.5, 0.6) is 5.75 Å². The van der Waals surface area contributed by atoms with Gasteiger partial charge >= 0.3 is 6.36 Å². The smallest absolute Gasteiger partial charge is 0.403 e. The summed E-state index contributed by atoms with van der Waals surface area (Å²) in [5.74, 6) is -1.79. The van der Waals surface area contributed by atoms with Crippen molar-refractivity contribution in [2.45, 2.75) is 44.3 Å². The molecule has 0 aromatic heterocycles. The van der Waals surface area contributed by atoms with Crippen molar-refractivity contribution in [1.82, 2.24) is 4.90 Å². The van der Waals surface area contributed by atoms with E-state index >= 15 is 0 Å². The number of halogens is 4. The van der Waals surface area contributed by atoms with E-state index in [0.29, 0.717) is 11.6 Å². The van der Waals surface area contributed by atoms with E-state index < -0.39 is 17.9 Å². The molecule has 0 aliphatic carbocycles. The van der Waals surface area contributed by atoms with Crippen LogP contribution >= 0.6 is 0 Å². The molecule has 0 N–H and O–H groups in total. The Morgan fingerprint density at radius 1 is 1.04 bits per heavy atom. The van der Waals surface area contributed by atoms with Crippen LogP contribution in [0.15, 0.2) is 54.6 Å². The number of ether oxygens (including phenoxy) is 1. The van der Waals surface area contributed by atoms with E-state index in [-0.39, 0.29) is 6.04 Å². The highest BCUT2D eigenvalue weighted by Gasteiger charge is 2.37. The molecule has 142 valence electrons. The first kappa shape index (κ1) is 18.0. The summed E-state index contributed by atoms with van der Waals surface area (Å²) < 4.78 is 54.7. The Hall–Kier alpha value is -2.34. The van der Waals surface area contributed by atoms with Crippen molar-refractivity contribution >= 4 is 5.57 Å². The van der Waals surface area contributed by atoms with Crippen LogP contribution in [0.25, 0.3) is 5.57 Å². The molecule has 0 spiro atoms. The third-order valence-electron chi connectivity index (χ3n) is 5.28. The number of hydrogen-bond acceptors (Lipinski definition) is 2. The molecule has 1 fully saturated rings. The van der Waals surface area contributed by atoms with E-state index in [1.165, 1.54) is 11.6 Å². The molecule has 2 aromatic carbocycles. The van der Waals surface area contributed by atoms with Gasteiger partial charge in [-0.1, -0.05) is 42.5 Å². The lowest BCUT2D eigenvalue weighted by Gasteiger charge is -2.34. The first-order valence-electron chi connectivity index (χ1n) is 8.95. The Kier molecular flexibility index (Phi) is 4.68. The molecule has 0 amide bonds. The summed E-state index contributed by atoms with van der Waals surface area (Å²) in [5.41, 5.74) is 2.87. The zero-order valence-electron chi connectivity index (χ0n) is 14.5. The highest BCUT2D eigenvalue weighted by Crippen LogP contribution is 2.40. The van der Waals surface area contributed by atoms with Gasteiger partial charge in [0.15, 0.2) is 11.6 Å². The number of rotatable bonds is 4. The standard InChI is InChI=1S/C21H19F4NO/c22-19-12-15(6-9-20(19)27-21(23,24)25)16-10-17-7-8-18(11-16)26(17)13-14-4-2-1-3-5-14/h1-6,9-10,12,17-18H,7-8,11,13H2. The molecule has 2 unspecified atom stereocenters. The van der Waals surface area contributed by atoms with Gasteiger partial charge < -0.3 is 4.74 Å². The van der Waals surface area contributed by atoms with Gasteiger partial charge in [0, 0.05) is 18.6 Å². The van der Waals surface area contributed by atoms with E-state index in [4.69, 9.17) is 0 Å².